The van der Waals surface area contributed by atoms with Gasteiger partial charge in [-0.2, -0.15) is 0 Å². The molecule has 0 amide bonds. The smallest absolute Gasteiger partial charge is 0.303 e. The van der Waals surface area contributed by atoms with E-state index in [9.17, 15) is 9.59 Å². The lowest BCUT2D eigenvalue weighted by molar-refractivity contribution is -0.136. The predicted octanol–water partition coefficient (Wildman–Crippen LogP) is 2.96. The Morgan fingerprint density at radius 3 is 2.70 bits per heavy atom. The van der Waals surface area contributed by atoms with Crippen LogP contribution in [0.4, 0.5) is 0 Å². The molecule has 0 spiro atoms. The van der Waals surface area contributed by atoms with E-state index in [-0.39, 0.29) is 18.3 Å². The van der Waals surface area contributed by atoms with Crippen LogP contribution in [0.1, 0.15) is 12.0 Å². The highest BCUT2D eigenvalue weighted by atomic mass is 16.4. The van der Waals surface area contributed by atoms with Crippen LogP contribution in [0.5, 0.6) is 0 Å². The Balaban J connectivity index is 2.21. The van der Waals surface area contributed by atoms with Gasteiger partial charge in [0.1, 0.15) is 5.58 Å². The standard InChI is InChI=1S/C16H12O4/c17-14(18)8-6-11-9-20-16-12-4-2-1-3-10(12)5-7-13(16)15(11)19/h1-5,7,9H,6,8H2,(H,17,18). The zero-order valence-corrected chi connectivity index (χ0v) is 10.6. The highest BCUT2D eigenvalue weighted by Gasteiger charge is 2.10. The zero-order chi connectivity index (χ0) is 14.1. The maximum absolute atomic E-state index is 12.3. The van der Waals surface area contributed by atoms with Crippen LogP contribution in [0.3, 0.4) is 0 Å². The first-order valence-electron chi connectivity index (χ1n) is 6.31. The molecule has 0 aliphatic carbocycles. The second kappa shape index (κ2) is 4.81. The van der Waals surface area contributed by atoms with Gasteiger partial charge < -0.3 is 9.52 Å². The van der Waals surface area contributed by atoms with Crippen molar-refractivity contribution in [2.75, 3.05) is 0 Å². The molecular weight excluding hydrogens is 256 g/mol. The molecular formula is C16H12O4. The quantitative estimate of drug-likeness (QED) is 0.741. The van der Waals surface area contributed by atoms with Crippen molar-refractivity contribution in [1.29, 1.82) is 0 Å². The fourth-order valence-corrected chi connectivity index (χ4v) is 2.32. The average Bonchev–Trinajstić information content (AvgIpc) is 2.46. The van der Waals surface area contributed by atoms with Gasteiger partial charge in [-0.15, -0.1) is 0 Å². The van der Waals surface area contributed by atoms with Crippen LogP contribution in [-0.2, 0) is 11.2 Å². The van der Waals surface area contributed by atoms with Crippen molar-refractivity contribution in [3.05, 3.63) is 58.4 Å². The fraction of sp³-hybridized carbons (Fsp3) is 0.125. The lowest BCUT2D eigenvalue weighted by Crippen LogP contribution is -2.10. The van der Waals surface area contributed by atoms with Gasteiger partial charge in [-0.25, -0.2) is 0 Å². The molecule has 0 bridgehead atoms. The highest BCUT2D eigenvalue weighted by Crippen LogP contribution is 2.23. The summed E-state index contributed by atoms with van der Waals surface area (Å²) in [4.78, 5) is 22.9. The minimum absolute atomic E-state index is 0.0795. The molecule has 20 heavy (non-hydrogen) atoms. The van der Waals surface area contributed by atoms with Crippen LogP contribution in [0, 0.1) is 0 Å². The molecule has 4 heteroatoms. The van der Waals surface area contributed by atoms with Crippen molar-refractivity contribution >= 4 is 27.7 Å². The number of carbonyl (C=O) groups is 1. The van der Waals surface area contributed by atoms with Gasteiger partial charge >= 0.3 is 5.97 Å². The first-order chi connectivity index (χ1) is 9.66. The molecule has 0 radical (unpaired) electrons. The molecule has 0 aliphatic rings. The average molecular weight is 268 g/mol. The van der Waals surface area contributed by atoms with Crippen molar-refractivity contribution in [1.82, 2.24) is 0 Å². The Labute approximate surface area is 114 Å². The Morgan fingerprint density at radius 1 is 1.10 bits per heavy atom. The molecule has 0 saturated carbocycles. The number of hydrogen-bond donors (Lipinski definition) is 1. The zero-order valence-electron chi connectivity index (χ0n) is 10.6. The number of rotatable bonds is 3. The molecule has 0 saturated heterocycles. The van der Waals surface area contributed by atoms with E-state index in [1.807, 2.05) is 30.3 Å². The second-order valence-electron chi connectivity index (χ2n) is 4.65. The van der Waals surface area contributed by atoms with Crippen molar-refractivity contribution in [2.24, 2.45) is 0 Å². The van der Waals surface area contributed by atoms with Crippen molar-refractivity contribution in [3.8, 4) is 0 Å². The van der Waals surface area contributed by atoms with E-state index in [4.69, 9.17) is 9.52 Å². The third-order valence-corrected chi connectivity index (χ3v) is 3.34. The Kier molecular flexibility index (Phi) is 2.99. The molecule has 1 N–H and O–H groups in total. The van der Waals surface area contributed by atoms with E-state index in [1.165, 1.54) is 6.26 Å². The van der Waals surface area contributed by atoms with Gasteiger partial charge in [-0.05, 0) is 17.9 Å². The molecule has 0 fully saturated rings. The molecule has 3 aromatic rings. The summed E-state index contributed by atoms with van der Waals surface area (Å²) in [6.07, 6.45) is 1.48. The van der Waals surface area contributed by atoms with Crippen LogP contribution < -0.4 is 5.43 Å². The Hall–Kier alpha value is -2.62. The summed E-state index contributed by atoms with van der Waals surface area (Å²) < 4.78 is 5.58. The number of fused-ring (bicyclic) bond motifs is 3. The summed E-state index contributed by atoms with van der Waals surface area (Å²) >= 11 is 0. The van der Waals surface area contributed by atoms with Gasteiger partial charge in [0, 0.05) is 17.4 Å². The van der Waals surface area contributed by atoms with Gasteiger partial charge in [0.05, 0.1) is 11.6 Å². The topological polar surface area (TPSA) is 67.5 Å². The third-order valence-electron chi connectivity index (χ3n) is 3.34. The van der Waals surface area contributed by atoms with Gasteiger partial charge in [0.25, 0.3) is 0 Å². The van der Waals surface area contributed by atoms with Crippen LogP contribution in [0.2, 0.25) is 0 Å². The monoisotopic (exact) mass is 268 g/mol. The number of hydrogen-bond acceptors (Lipinski definition) is 3. The SMILES string of the molecule is O=C(O)CCc1coc2c(ccc3ccccc32)c1=O. The summed E-state index contributed by atoms with van der Waals surface area (Å²) in [6, 6.07) is 11.3. The Morgan fingerprint density at radius 2 is 1.90 bits per heavy atom. The summed E-state index contributed by atoms with van der Waals surface area (Å²) in [6.45, 7) is 0. The molecule has 1 aromatic heterocycles. The van der Waals surface area contributed by atoms with Crippen LogP contribution in [0.15, 0.2) is 51.9 Å². The molecule has 2 aromatic carbocycles. The highest BCUT2D eigenvalue weighted by molar-refractivity contribution is 6.03. The summed E-state index contributed by atoms with van der Waals surface area (Å²) in [5.74, 6) is -0.928. The van der Waals surface area contributed by atoms with Crippen molar-refractivity contribution in [3.63, 3.8) is 0 Å². The normalized spacial score (nSPS) is 11.0. The number of aryl methyl sites for hydroxylation is 1. The van der Waals surface area contributed by atoms with Crippen LogP contribution >= 0.6 is 0 Å². The lowest BCUT2D eigenvalue weighted by Gasteiger charge is -2.04. The van der Waals surface area contributed by atoms with Crippen molar-refractivity contribution < 1.29 is 14.3 Å². The molecule has 100 valence electrons. The van der Waals surface area contributed by atoms with E-state index in [0.29, 0.717) is 16.5 Å². The van der Waals surface area contributed by atoms with Crippen LogP contribution in [0.25, 0.3) is 21.7 Å². The minimum Gasteiger partial charge on any atom is -0.481 e. The van der Waals surface area contributed by atoms with Gasteiger partial charge in [-0.1, -0.05) is 30.3 Å². The van der Waals surface area contributed by atoms with E-state index in [1.54, 1.807) is 6.07 Å². The summed E-state index contributed by atoms with van der Waals surface area (Å²) in [7, 11) is 0. The largest absolute Gasteiger partial charge is 0.481 e. The molecule has 0 unspecified atom stereocenters. The number of carboxylic acids is 1. The Bertz CT molecular complexity index is 861. The molecule has 0 atom stereocenters. The number of aliphatic carboxylic acids is 1. The van der Waals surface area contributed by atoms with Crippen molar-refractivity contribution in [2.45, 2.75) is 12.8 Å². The number of benzene rings is 2. The second-order valence-corrected chi connectivity index (χ2v) is 4.65. The minimum atomic E-state index is -0.928. The lowest BCUT2D eigenvalue weighted by atomic mass is 10.0. The molecule has 3 rings (SSSR count). The van der Waals surface area contributed by atoms with E-state index in [2.05, 4.69) is 0 Å². The van der Waals surface area contributed by atoms with E-state index in [0.717, 1.165) is 10.8 Å². The van der Waals surface area contributed by atoms with E-state index < -0.39 is 5.97 Å². The summed E-state index contributed by atoms with van der Waals surface area (Å²) in [5, 5.41) is 11.1. The molecule has 0 aliphatic heterocycles. The predicted molar refractivity (Wildman–Crippen MR) is 75.9 cm³/mol. The third kappa shape index (κ3) is 2.05. The van der Waals surface area contributed by atoms with Crippen LogP contribution in [-0.4, -0.2) is 11.1 Å². The molecule has 4 nitrogen and oxygen atoms in total. The maximum Gasteiger partial charge on any atom is 0.303 e. The first-order valence-corrected chi connectivity index (χ1v) is 6.31. The van der Waals surface area contributed by atoms with E-state index >= 15 is 0 Å². The van der Waals surface area contributed by atoms with Gasteiger partial charge in [-0.3, -0.25) is 9.59 Å². The van der Waals surface area contributed by atoms with Gasteiger partial charge in [0.15, 0.2) is 5.43 Å². The number of carboxylic acid groups (broad SMARTS) is 1. The maximum atomic E-state index is 12.3. The molecule has 1 heterocycles. The fourth-order valence-electron chi connectivity index (χ4n) is 2.32. The van der Waals surface area contributed by atoms with Gasteiger partial charge in [0.2, 0.25) is 0 Å². The first kappa shape index (κ1) is 12.4. The summed E-state index contributed by atoms with van der Waals surface area (Å²) in [5.41, 5.74) is 0.792.